The molecule has 27 heavy (non-hydrogen) atoms. The molecular formula is C17H19F3N5O2+. The third-order valence-electron chi connectivity index (χ3n) is 4.47. The van der Waals surface area contributed by atoms with Crippen molar-refractivity contribution in [3.8, 4) is 0 Å². The highest BCUT2D eigenvalue weighted by atomic mass is 19.4. The Morgan fingerprint density at radius 2 is 1.89 bits per heavy atom. The lowest BCUT2D eigenvalue weighted by atomic mass is 9.96. The fourth-order valence-electron chi connectivity index (χ4n) is 2.93. The van der Waals surface area contributed by atoms with Crippen molar-refractivity contribution in [2.45, 2.75) is 19.0 Å². The van der Waals surface area contributed by atoms with E-state index in [9.17, 15) is 22.8 Å². The number of piperidine rings is 1. The monoisotopic (exact) mass is 382 g/mol. The van der Waals surface area contributed by atoms with Crippen molar-refractivity contribution in [3.05, 3.63) is 47.9 Å². The molecule has 2 amide bonds. The van der Waals surface area contributed by atoms with Gasteiger partial charge < -0.3 is 4.98 Å². The van der Waals surface area contributed by atoms with Crippen LogP contribution in [0, 0.1) is 5.92 Å². The number of rotatable bonds is 3. The second-order valence-electron chi connectivity index (χ2n) is 6.25. The van der Waals surface area contributed by atoms with Gasteiger partial charge in [-0.2, -0.15) is 13.2 Å². The van der Waals surface area contributed by atoms with Crippen LogP contribution >= 0.6 is 0 Å². The third kappa shape index (κ3) is 4.57. The highest BCUT2D eigenvalue weighted by Crippen LogP contribution is 2.29. The van der Waals surface area contributed by atoms with Crippen molar-refractivity contribution in [1.82, 2.24) is 15.8 Å². The minimum atomic E-state index is -4.38. The first kappa shape index (κ1) is 18.7. The predicted octanol–water partition coefficient (Wildman–Crippen LogP) is 1.53. The van der Waals surface area contributed by atoms with Gasteiger partial charge in [0.05, 0.1) is 18.7 Å². The molecule has 2 aromatic heterocycles. The average Bonchev–Trinajstić information content (AvgIpc) is 3.20. The van der Waals surface area contributed by atoms with Gasteiger partial charge >= 0.3 is 6.18 Å². The lowest BCUT2D eigenvalue weighted by Gasteiger charge is -2.27. The number of hydrogen-bond donors (Lipinski definition) is 3. The lowest BCUT2D eigenvalue weighted by molar-refractivity contribution is -0.367. The second-order valence-corrected chi connectivity index (χ2v) is 6.25. The SMILES string of the molecule is O=C(NNC(=O)C1CCN(c2ccc(C(F)(F)F)c[nH+]2)CC1)c1ccc[nH]1. The molecule has 3 rings (SSSR count). The Morgan fingerprint density at radius 3 is 2.44 bits per heavy atom. The molecule has 0 bridgehead atoms. The van der Waals surface area contributed by atoms with E-state index in [-0.39, 0.29) is 11.8 Å². The molecule has 144 valence electrons. The Balaban J connectivity index is 1.48. The summed E-state index contributed by atoms with van der Waals surface area (Å²) in [5, 5.41) is 0. The van der Waals surface area contributed by atoms with Gasteiger partial charge in [-0.25, -0.2) is 4.98 Å². The van der Waals surface area contributed by atoms with Gasteiger partial charge in [0.15, 0.2) is 0 Å². The molecule has 0 atom stereocenters. The van der Waals surface area contributed by atoms with E-state index in [4.69, 9.17) is 0 Å². The molecule has 0 spiro atoms. The first-order valence-corrected chi connectivity index (χ1v) is 8.42. The zero-order valence-corrected chi connectivity index (χ0v) is 14.3. The largest absolute Gasteiger partial charge is 0.419 e. The number of nitrogens with one attached hydrogen (secondary N) is 4. The number of hydrogen-bond acceptors (Lipinski definition) is 3. The summed E-state index contributed by atoms with van der Waals surface area (Å²) in [5.74, 6) is -0.433. The average molecular weight is 382 g/mol. The van der Waals surface area contributed by atoms with Crippen LogP contribution in [0.2, 0.25) is 0 Å². The molecule has 1 fully saturated rings. The molecule has 0 radical (unpaired) electrons. The lowest BCUT2D eigenvalue weighted by Crippen LogP contribution is -2.48. The summed E-state index contributed by atoms with van der Waals surface area (Å²) in [7, 11) is 0. The number of amides is 2. The number of halogens is 3. The summed E-state index contributed by atoms with van der Waals surface area (Å²) >= 11 is 0. The smallest absolute Gasteiger partial charge is 0.357 e. The van der Waals surface area contributed by atoms with E-state index >= 15 is 0 Å². The summed E-state index contributed by atoms with van der Waals surface area (Å²) in [6.45, 7) is 1.04. The summed E-state index contributed by atoms with van der Waals surface area (Å²) in [6.07, 6.45) is -0.794. The van der Waals surface area contributed by atoms with E-state index in [0.717, 1.165) is 12.3 Å². The maximum atomic E-state index is 12.6. The van der Waals surface area contributed by atoms with Crippen LogP contribution in [-0.4, -0.2) is 29.9 Å². The third-order valence-corrected chi connectivity index (χ3v) is 4.47. The zero-order valence-electron chi connectivity index (χ0n) is 14.3. The van der Waals surface area contributed by atoms with E-state index in [2.05, 4.69) is 20.8 Å². The molecule has 1 saturated heterocycles. The Morgan fingerprint density at radius 1 is 1.15 bits per heavy atom. The van der Waals surface area contributed by atoms with Crippen LogP contribution in [-0.2, 0) is 11.0 Å². The van der Waals surface area contributed by atoms with Crippen molar-refractivity contribution in [2.75, 3.05) is 18.0 Å². The van der Waals surface area contributed by atoms with Gasteiger partial charge in [-0.3, -0.25) is 25.3 Å². The maximum Gasteiger partial charge on any atom is 0.419 e. The van der Waals surface area contributed by atoms with Crippen molar-refractivity contribution in [3.63, 3.8) is 0 Å². The van der Waals surface area contributed by atoms with Gasteiger partial charge in [-0.05, 0) is 31.0 Å². The predicted molar refractivity (Wildman–Crippen MR) is 89.3 cm³/mol. The summed E-state index contributed by atoms with van der Waals surface area (Å²) < 4.78 is 37.8. The van der Waals surface area contributed by atoms with Crippen LogP contribution in [0.25, 0.3) is 0 Å². The molecule has 4 N–H and O–H groups in total. The van der Waals surface area contributed by atoms with Gasteiger partial charge in [0.1, 0.15) is 11.9 Å². The summed E-state index contributed by atoms with van der Waals surface area (Å²) in [6, 6.07) is 5.67. The van der Waals surface area contributed by atoms with Gasteiger partial charge in [0.2, 0.25) is 5.91 Å². The number of alkyl halides is 3. The van der Waals surface area contributed by atoms with Crippen molar-refractivity contribution in [2.24, 2.45) is 5.92 Å². The minimum absolute atomic E-state index is 0.278. The van der Waals surface area contributed by atoms with Crippen LogP contribution in [0.4, 0.5) is 19.0 Å². The summed E-state index contributed by atoms with van der Waals surface area (Å²) in [5.41, 5.74) is 4.36. The van der Waals surface area contributed by atoms with Crippen LogP contribution in [0.1, 0.15) is 28.9 Å². The number of anilines is 1. The number of carbonyl (C=O) groups excluding carboxylic acids is 2. The van der Waals surface area contributed by atoms with E-state index in [1.807, 2.05) is 4.90 Å². The quantitative estimate of drug-likeness (QED) is 0.703. The molecule has 3 heterocycles. The van der Waals surface area contributed by atoms with Crippen molar-refractivity contribution >= 4 is 17.6 Å². The topological polar surface area (TPSA) is 91.4 Å². The maximum absolute atomic E-state index is 12.6. The van der Waals surface area contributed by atoms with Crippen LogP contribution in [0.5, 0.6) is 0 Å². The number of nitrogens with zero attached hydrogens (tertiary/aromatic N) is 1. The minimum Gasteiger partial charge on any atom is -0.357 e. The molecule has 0 aliphatic carbocycles. The molecule has 0 saturated carbocycles. The van der Waals surface area contributed by atoms with Crippen LogP contribution in [0.15, 0.2) is 36.7 Å². The van der Waals surface area contributed by atoms with Crippen molar-refractivity contribution < 1.29 is 27.7 Å². The number of aromatic nitrogens is 2. The first-order valence-electron chi connectivity index (χ1n) is 8.42. The molecule has 0 aromatic carbocycles. The zero-order chi connectivity index (χ0) is 19.4. The standard InChI is InChI=1S/C17H18F3N5O2/c18-17(19,20)12-3-4-14(22-10-12)25-8-5-11(6-9-25)15(26)23-24-16(27)13-2-1-7-21-13/h1-4,7,10-11,21H,5-6,8-9H2,(H,23,26)(H,24,27)/p+1. The first-order chi connectivity index (χ1) is 12.8. The Labute approximate surface area is 152 Å². The van der Waals surface area contributed by atoms with Gasteiger partial charge in [-0.15, -0.1) is 0 Å². The van der Waals surface area contributed by atoms with Crippen molar-refractivity contribution in [1.29, 1.82) is 0 Å². The van der Waals surface area contributed by atoms with E-state index in [1.54, 1.807) is 18.3 Å². The number of aromatic amines is 2. The second kappa shape index (κ2) is 7.68. The number of hydrazine groups is 1. The molecule has 0 unspecified atom stereocenters. The summed E-state index contributed by atoms with van der Waals surface area (Å²) in [4.78, 5) is 31.2. The fraction of sp³-hybridized carbons (Fsp3) is 0.353. The normalized spacial score (nSPS) is 15.4. The van der Waals surface area contributed by atoms with Gasteiger partial charge in [-0.1, -0.05) is 0 Å². The number of pyridine rings is 1. The Bertz CT molecular complexity index is 782. The highest BCUT2D eigenvalue weighted by molar-refractivity contribution is 5.93. The Hall–Kier alpha value is -3.04. The van der Waals surface area contributed by atoms with E-state index in [1.165, 1.54) is 6.07 Å². The highest BCUT2D eigenvalue weighted by Gasteiger charge is 2.33. The number of carbonyl (C=O) groups is 2. The molecule has 1 aliphatic heterocycles. The molecule has 10 heteroatoms. The van der Waals surface area contributed by atoms with Gasteiger partial charge in [0, 0.05) is 18.2 Å². The van der Waals surface area contributed by atoms with E-state index in [0.29, 0.717) is 37.4 Å². The molecule has 2 aromatic rings. The van der Waals surface area contributed by atoms with Crippen LogP contribution < -0.4 is 20.7 Å². The van der Waals surface area contributed by atoms with E-state index < -0.39 is 17.6 Å². The Kier molecular flexibility index (Phi) is 5.33. The molecule has 7 nitrogen and oxygen atoms in total. The molecule has 1 aliphatic rings. The van der Waals surface area contributed by atoms with Crippen LogP contribution in [0.3, 0.4) is 0 Å². The number of H-pyrrole nitrogens is 2. The fourth-order valence-corrected chi connectivity index (χ4v) is 2.93. The van der Waals surface area contributed by atoms with Gasteiger partial charge in [0.25, 0.3) is 11.7 Å². The molecular weight excluding hydrogens is 363 g/mol.